The Morgan fingerprint density at radius 1 is 1.17 bits per heavy atom. The molecule has 1 fully saturated rings. The lowest BCUT2D eigenvalue weighted by Crippen LogP contribution is -2.17. The number of ether oxygens (including phenoxy) is 3. The summed E-state index contributed by atoms with van der Waals surface area (Å²) in [6, 6.07) is 11.3. The van der Waals surface area contributed by atoms with E-state index in [9.17, 15) is 14.9 Å². The molecule has 8 nitrogen and oxygen atoms in total. The Hall–Kier alpha value is -3.11. The first-order valence-electron chi connectivity index (χ1n) is 8.39. The number of carbonyl (C=O) groups excluding carboxylic acids is 1. The van der Waals surface area contributed by atoms with Gasteiger partial charge in [-0.1, -0.05) is 30.0 Å². The van der Waals surface area contributed by atoms with Crippen molar-refractivity contribution in [1.82, 2.24) is 5.32 Å². The zero-order valence-electron chi connectivity index (χ0n) is 15.2. The molecule has 0 aliphatic carbocycles. The summed E-state index contributed by atoms with van der Waals surface area (Å²) in [7, 11) is 1.57. The molecular formula is C19H16N2O6S2. The molecule has 29 heavy (non-hydrogen) atoms. The van der Waals surface area contributed by atoms with Crippen molar-refractivity contribution in [3.8, 4) is 17.2 Å². The third-order valence-electron chi connectivity index (χ3n) is 3.78. The van der Waals surface area contributed by atoms with Gasteiger partial charge in [0.15, 0.2) is 0 Å². The van der Waals surface area contributed by atoms with Gasteiger partial charge in [0.1, 0.15) is 34.8 Å². The van der Waals surface area contributed by atoms with E-state index in [1.165, 1.54) is 24.3 Å². The third kappa shape index (κ3) is 5.46. The van der Waals surface area contributed by atoms with Crippen LogP contribution < -0.4 is 19.5 Å². The third-order valence-corrected chi connectivity index (χ3v) is 4.95. The van der Waals surface area contributed by atoms with Crippen LogP contribution in [0.4, 0.5) is 5.69 Å². The highest BCUT2D eigenvalue weighted by atomic mass is 32.2. The monoisotopic (exact) mass is 432 g/mol. The van der Waals surface area contributed by atoms with E-state index in [1.54, 1.807) is 19.2 Å². The Balaban J connectivity index is 1.71. The summed E-state index contributed by atoms with van der Waals surface area (Å²) in [5.41, 5.74) is 0.297. The van der Waals surface area contributed by atoms with Crippen molar-refractivity contribution in [2.45, 2.75) is 0 Å². The first-order valence-corrected chi connectivity index (χ1v) is 9.61. The van der Waals surface area contributed by atoms with Crippen molar-refractivity contribution < 1.29 is 23.9 Å². The summed E-state index contributed by atoms with van der Waals surface area (Å²) < 4.78 is 16.8. The quantitative estimate of drug-likeness (QED) is 0.222. The molecule has 2 aromatic carbocycles. The number of nitrogens with zero attached hydrogens (tertiary/aromatic N) is 1. The van der Waals surface area contributed by atoms with Crippen LogP contribution in [0.2, 0.25) is 0 Å². The van der Waals surface area contributed by atoms with Crippen molar-refractivity contribution >= 4 is 46.0 Å². The standard InChI is InChI=1S/C19H16N2O6S2/c1-25-14-3-2-4-15(11-14)26-7-8-27-16-6-5-13(21(23)24)9-12(16)10-17-18(22)20-19(28)29-17/h2-6,9-11H,7-8H2,1H3,(H,20,22,28). The van der Waals surface area contributed by atoms with Gasteiger partial charge in [-0.2, -0.15) is 0 Å². The van der Waals surface area contributed by atoms with E-state index in [1.807, 2.05) is 12.1 Å². The largest absolute Gasteiger partial charge is 0.497 e. The maximum atomic E-state index is 11.9. The Kier molecular flexibility index (Phi) is 6.68. The number of nitro benzene ring substituents is 1. The molecule has 1 heterocycles. The van der Waals surface area contributed by atoms with Crippen molar-refractivity contribution in [3.63, 3.8) is 0 Å². The number of benzene rings is 2. The lowest BCUT2D eigenvalue weighted by molar-refractivity contribution is -0.384. The van der Waals surface area contributed by atoms with Crippen LogP contribution in [0.1, 0.15) is 5.56 Å². The number of hydrogen-bond donors (Lipinski definition) is 1. The van der Waals surface area contributed by atoms with Gasteiger partial charge in [-0.25, -0.2) is 0 Å². The Bertz CT molecular complexity index is 992. The molecule has 10 heteroatoms. The predicted molar refractivity (Wildman–Crippen MR) is 113 cm³/mol. The van der Waals surface area contributed by atoms with E-state index < -0.39 is 4.92 Å². The van der Waals surface area contributed by atoms with E-state index in [0.29, 0.717) is 32.0 Å². The van der Waals surface area contributed by atoms with Crippen LogP contribution in [0.3, 0.4) is 0 Å². The van der Waals surface area contributed by atoms with Crippen molar-refractivity contribution in [2.75, 3.05) is 20.3 Å². The maximum Gasteiger partial charge on any atom is 0.270 e. The van der Waals surface area contributed by atoms with E-state index in [0.717, 1.165) is 11.8 Å². The van der Waals surface area contributed by atoms with Gasteiger partial charge >= 0.3 is 0 Å². The molecule has 0 bridgehead atoms. The Morgan fingerprint density at radius 3 is 2.62 bits per heavy atom. The van der Waals surface area contributed by atoms with Gasteiger partial charge in [0.2, 0.25) is 0 Å². The number of amides is 1. The lowest BCUT2D eigenvalue weighted by Gasteiger charge is -2.11. The molecular weight excluding hydrogens is 416 g/mol. The molecule has 3 rings (SSSR count). The van der Waals surface area contributed by atoms with E-state index in [-0.39, 0.29) is 24.8 Å². The minimum Gasteiger partial charge on any atom is -0.497 e. The summed E-state index contributed by atoms with van der Waals surface area (Å²) in [6.07, 6.45) is 1.52. The summed E-state index contributed by atoms with van der Waals surface area (Å²) in [6.45, 7) is 0.447. The van der Waals surface area contributed by atoms with Crippen molar-refractivity contribution in [1.29, 1.82) is 0 Å². The number of rotatable bonds is 8. The molecule has 1 aliphatic rings. The minimum atomic E-state index is -0.510. The highest BCUT2D eigenvalue weighted by Gasteiger charge is 2.23. The molecule has 1 N–H and O–H groups in total. The fourth-order valence-electron chi connectivity index (χ4n) is 2.46. The van der Waals surface area contributed by atoms with Gasteiger partial charge in [-0.15, -0.1) is 0 Å². The molecule has 1 amide bonds. The van der Waals surface area contributed by atoms with Gasteiger partial charge in [0.05, 0.1) is 16.9 Å². The zero-order valence-corrected chi connectivity index (χ0v) is 16.9. The van der Waals surface area contributed by atoms with E-state index in [2.05, 4.69) is 5.32 Å². The van der Waals surface area contributed by atoms with Crippen LogP contribution in [-0.4, -0.2) is 35.5 Å². The average Bonchev–Trinajstić information content (AvgIpc) is 3.02. The maximum absolute atomic E-state index is 11.9. The second kappa shape index (κ2) is 9.39. The van der Waals surface area contributed by atoms with Gasteiger partial charge in [0.25, 0.3) is 11.6 Å². The van der Waals surface area contributed by atoms with Crippen LogP contribution in [0.25, 0.3) is 6.08 Å². The molecule has 0 aromatic heterocycles. The molecule has 1 saturated heterocycles. The predicted octanol–water partition coefficient (Wildman–Crippen LogP) is 3.55. The fraction of sp³-hybridized carbons (Fsp3) is 0.158. The van der Waals surface area contributed by atoms with E-state index in [4.69, 9.17) is 26.4 Å². The van der Waals surface area contributed by atoms with Gasteiger partial charge in [0, 0.05) is 23.8 Å². The molecule has 0 atom stereocenters. The summed E-state index contributed by atoms with van der Waals surface area (Å²) >= 11 is 6.06. The van der Waals surface area contributed by atoms with Gasteiger partial charge in [-0.3, -0.25) is 14.9 Å². The average molecular weight is 432 g/mol. The zero-order chi connectivity index (χ0) is 20.8. The van der Waals surface area contributed by atoms with Gasteiger partial charge < -0.3 is 19.5 Å². The molecule has 1 aliphatic heterocycles. The topological polar surface area (TPSA) is 99.9 Å². The van der Waals surface area contributed by atoms with E-state index >= 15 is 0 Å². The number of thioether (sulfide) groups is 1. The normalized spacial score (nSPS) is 14.6. The van der Waals surface area contributed by atoms with Crippen molar-refractivity contribution in [3.05, 3.63) is 63.0 Å². The summed E-state index contributed by atoms with van der Waals surface area (Å²) in [5.74, 6) is 1.35. The van der Waals surface area contributed by atoms with Crippen LogP contribution in [0, 0.1) is 10.1 Å². The SMILES string of the molecule is COc1cccc(OCCOc2ccc([N+](=O)[O-])cc2C=C2SC(=S)NC2=O)c1. The smallest absolute Gasteiger partial charge is 0.270 e. The Morgan fingerprint density at radius 2 is 1.93 bits per heavy atom. The first kappa shape index (κ1) is 20.6. The summed E-state index contributed by atoms with van der Waals surface area (Å²) in [4.78, 5) is 22.8. The second-order valence-electron chi connectivity index (χ2n) is 5.71. The number of methoxy groups -OCH3 is 1. The first-order chi connectivity index (χ1) is 14.0. The number of carbonyl (C=O) groups is 1. The highest BCUT2D eigenvalue weighted by molar-refractivity contribution is 8.26. The summed E-state index contributed by atoms with van der Waals surface area (Å²) in [5, 5.41) is 13.6. The second-order valence-corrected chi connectivity index (χ2v) is 7.43. The number of non-ortho nitro benzene ring substituents is 1. The molecule has 0 spiro atoms. The number of nitrogens with one attached hydrogen (secondary N) is 1. The van der Waals surface area contributed by atoms with Crippen LogP contribution in [-0.2, 0) is 4.79 Å². The molecule has 0 saturated carbocycles. The molecule has 0 radical (unpaired) electrons. The van der Waals surface area contributed by atoms with Crippen LogP contribution in [0.15, 0.2) is 47.4 Å². The van der Waals surface area contributed by atoms with Crippen LogP contribution in [0.5, 0.6) is 17.2 Å². The van der Waals surface area contributed by atoms with Crippen LogP contribution >= 0.6 is 24.0 Å². The highest BCUT2D eigenvalue weighted by Crippen LogP contribution is 2.31. The lowest BCUT2D eigenvalue weighted by atomic mass is 10.1. The molecule has 150 valence electrons. The molecule has 0 unspecified atom stereocenters. The number of hydrogen-bond acceptors (Lipinski definition) is 8. The molecule has 2 aromatic rings. The minimum absolute atomic E-state index is 0.109. The Labute approximate surface area is 176 Å². The van der Waals surface area contributed by atoms with Gasteiger partial charge in [-0.05, 0) is 24.3 Å². The number of nitro groups is 1. The fourth-order valence-corrected chi connectivity index (χ4v) is 3.49. The number of thiocarbonyl (C=S) groups is 1. The van der Waals surface area contributed by atoms with Crippen molar-refractivity contribution in [2.24, 2.45) is 0 Å².